The van der Waals surface area contributed by atoms with Crippen molar-refractivity contribution in [3.63, 3.8) is 0 Å². The Balaban J connectivity index is 2.43. The summed E-state index contributed by atoms with van der Waals surface area (Å²) in [7, 11) is 0. The summed E-state index contributed by atoms with van der Waals surface area (Å²) in [5.41, 5.74) is 5.59. The Labute approximate surface area is 152 Å². The van der Waals surface area contributed by atoms with Gasteiger partial charge in [-0.3, -0.25) is 0 Å². The minimum Gasteiger partial charge on any atom is -0.0602 e. The molecule has 0 unspecified atom stereocenters. The van der Waals surface area contributed by atoms with Crippen molar-refractivity contribution in [1.82, 2.24) is 0 Å². The van der Waals surface area contributed by atoms with Crippen LogP contribution >= 0.6 is 0 Å². The fraction of sp³-hybridized carbons (Fsp3) is 0.750. The summed E-state index contributed by atoms with van der Waals surface area (Å²) in [5, 5.41) is 0. The molecule has 0 aliphatic heterocycles. The molecule has 0 saturated carbocycles. The van der Waals surface area contributed by atoms with Crippen LogP contribution in [0.2, 0.25) is 0 Å². The van der Waals surface area contributed by atoms with Crippen LogP contribution in [0.1, 0.15) is 103 Å². The summed E-state index contributed by atoms with van der Waals surface area (Å²) < 4.78 is 0. The Bertz CT molecular complexity index is 468. The van der Waals surface area contributed by atoms with E-state index in [4.69, 9.17) is 0 Å². The topological polar surface area (TPSA) is 0 Å². The second-order valence-electron chi connectivity index (χ2n) is 10.2. The van der Waals surface area contributed by atoms with E-state index in [-0.39, 0.29) is 0 Å². The minimum atomic E-state index is 0.475. The van der Waals surface area contributed by atoms with E-state index in [0.717, 1.165) is 0 Å². The van der Waals surface area contributed by atoms with E-state index >= 15 is 0 Å². The lowest BCUT2D eigenvalue weighted by atomic mass is 9.88. The van der Waals surface area contributed by atoms with E-state index in [9.17, 15) is 0 Å². The zero-order valence-electron chi connectivity index (χ0n) is 17.6. The zero-order valence-corrected chi connectivity index (χ0v) is 17.6. The molecule has 0 bridgehead atoms. The second-order valence-corrected chi connectivity index (χ2v) is 10.2. The molecule has 24 heavy (non-hydrogen) atoms. The molecule has 0 radical (unpaired) electrons. The molecule has 0 N–H and O–H groups in total. The molecule has 0 aliphatic carbocycles. The van der Waals surface area contributed by atoms with Crippen LogP contribution in [-0.2, 0) is 12.8 Å². The molecule has 0 aromatic heterocycles. The smallest absolute Gasteiger partial charge is 0.0276 e. The van der Waals surface area contributed by atoms with Gasteiger partial charge in [0.15, 0.2) is 0 Å². The second kappa shape index (κ2) is 9.64. The number of hydrogen-bond donors (Lipinski definition) is 0. The molecule has 1 rings (SSSR count). The summed E-state index contributed by atoms with van der Waals surface area (Å²) in [4.78, 5) is 0. The van der Waals surface area contributed by atoms with E-state index in [1.807, 2.05) is 0 Å². The molecule has 0 spiro atoms. The highest BCUT2D eigenvalue weighted by molar-refractivity contribution is 5.31. The van der Waals surface area contributed by atoms with Crippen molar-refractivity contribution in [3.8, 4) is 0 Å². The molecule has 0 aliphatic rings. The first-order valence-corrected chi connectivity index (χ1v) is 10.2. The van der Waals surface area contributed by atoms with Crippen molar-refractivity contribution < 1.29 is 0 Å². The van der Waals surface area contributed by atoms with Gasteiger partial charge in [0.2, 0.25) is 0 Å². The van der Waals surface area contributed by atoms with E-state index < -0.39 is 0 Å². The molecule has 0 saturated heterocycles. The summed E-state index contributed by atoms with van der Waals surface area (Å²) in [6.45, 7) is 16.3. The molecule has 1 aromatic carbocycles. The van der Waals surface area contributed by atoms with Gasteiger partial charge in [-0.2, -0.15) is 0 Å². The van der Waals surface area contributed by atoms with Gasteiger partial charge in [-0.05, 0) is 67.4 Å². The van der Waals surface area contributed by atoms with Crippen LogP contribution in [0.5, 0.6) is 0 Å². The Hall–Kier alpha value is -0.780. The van der Waals surface area contributed by atoms with Crippen molar-refractivity contribution >= 4 is 0 Å². The van der Waals surface area contributed by atoms with E-state index in [1.165, 1.54) is 63.4 Å². The first kappa shape index (κ1) is 21.3. The molecule has 0 heterocycles. The Morgan fingerprint density at radius 3 is 1.71 bits per heavy atom. The molecule has 0 amide bonds. The molecule has 0 nitrogen and oxygen atoms in total. The SMILES string of the molecule is Cc1ccc(CCCCC(C)(C)C)c(CCCCCC(C)(C)C)c1. The van der Waals surface area contributed by atoms with Gasteiger partial charge in [-0.15, -0.1) is 0 Å². The van der Waals surface area contributed by atoms with Crippen LogP contribution in [0.15, 0.2) is 18.2 Å². The summed E-state index contributed by atoms with van der Waals surface area (Å²) in [6.07, 6.45) is 12.0. The number of rotatable bonds is 9. The van der Waals surface area contributed by atoms with Gasteiger partial charge in [0.25, 0.3) is 0 Å². The van der Waals surface area contributed by atoms with Gasteiger partial charge in [-0.1, -0.05) is 84.6 Å². The van der Waals surface area contributed by atoms with Crippen LogP contribution in [0.3, 0.4) is 0 Å². The number of aryl methyl sites for hydroxylation is 3. The molecule has 1 aromatic rings. The number of hydrogen-bond acceptors (Lipinski definition) is 0. The highest BCUT2D eigenvalue weighted by Gasteiger charge is 2.11. The van der Waals surface area contributed by atoms with Crippen molar-refractivity contribution in [2.24, 2.45) is 10.8 Å². The van der Waals surface area contributed by atoms with Crippen LogP contribution in [0, 0.1) is 17.8 Å². The molecule has 0 heteroatoms. The quantitative estimate of drug-likeness (QED) is 0.403. The van der Waals surface area contributed by atoms with E-state index in [0.29, 0.717) is 10.8 Å². The highest BCUT2D eigenvalue weighted by atomic mass is 14.2. The summed E-state index contributed by atoms with van der Waals surface area (Å²) in [6, 6.07) is 7.11. The van der Waals surface area contributed by atoms with Crippen molar-refractivity contribution in [1.29, 1.82) is 0 Å². The highest BCUT2D eigenvalue weighted by Crippen LogP contribution is 2.25. The lowest BCUT2D eigenvalue weighted by Gasteiger charge is -2.18. The minimum absolute atomic E-state index is 0.475. The third-order valence-electron chi connectivity index (χ3n) is 4.86. The van der Waals surface area contributed by atoms with E-state index in [1.54, 1.807) is 11.1 Å². The van der Waals surface area contributed by atoms with Gasteiger partial charge < -0.3 is 0 Å². The number of benzene rings is 1. The first-order valence-electron chi connectivity index (χ1n) is 10.2. The monoisotopic (exact) mass is 330 g/mol. The Kier molecular flexibility index (Phi) is 8.54. The van der Waals surface area contributed by atoms with Crippen molar-refractivity contribution in [2.75, 3.05) is 0 Å². The standard InChI is InChI=1S/C24H42/c1-20-15-16-21(13-10-12-18-24(5,6)7)22(19-20)14-9-8-11-17-23(2,3)4/h15-16,19H,8-14,17-18H2,1-7H3. The van der Waals surface area contributed by atoms with Crippen molar-refractivity contribution in [2.45, 2.75) is 106 Å². The zero-order chi connectivity index (χ0) is 18.2. The predicted molar refractivity (Wildman–Crippen MR) is 110 cm³/mol. The molecular weight excluding hydrogens is 288 g/mol. The maximum atomic E-state index is 2.43. The van der Waals surface area contributed by atoms with Gasteiger partial charge >= 0.3 is 0 Å². The normalized spacial score (nSPS) is 12.6. The number of unbranched alkanes of at least 4 members (excludes halogenated alkanes) is 3. The van der Waals surface area contributed by atoms with E-state index in [2.05, 4.69) is 66.7 Å². The fourth-order valence-electron chi connectivity index (χ4n) is 3.35. The van der Waals surface area contributed by atoms with Gasteiger partial charge in [0.05, 0.1) is 0 Å². The summed E-state index contributed by atoms with van der Waals surface area (Å²) >= 11 is 0. The van der Waals surface area contributed by atoms with Gasteiger partial charge in [0, 0.05) is 0 Å². The molecule has 138 valence electrons. The summed E-state index contributed by atoms with van der Waals surface area (Å²) in [5.74, 6) is 0. The van der Waals surface area contributed by atoms with Crippen LogP contribution in [-0.4, -0.2) is 0 Å². The average Bonchev–Trinajstić information content (AvgIpc) is 2.42. The maximum Gasteiger partial charge on any atom is -0.0276 e. The molecule has 0 fully saturated rings. The van der Waals surface area contributed by atoms with Gasteiger partial charge in [-0.25, -0.2) is 0 Å². The van der Waals surface area contributed by atoms with Gasteiger partial charge in [0.1, 0.15) is 0 Å². The molecular formula is C24H42. The fourth-order valence-corrected chi connectivity index (χ4v) is 3.35. The van der Waals surface area contributed by atoms with Crippen LogP contribution in [0.4, 0.5) is 0 Å². The average molecular weight is 331 g/mol. The lowest BCUT2D eigenvalue weighted by Crippen LogP contribution is -2.05. The Morgan fingerprint density at radius 2 is 1.12 bits per heavy atom. The lowest BCUT2D eigenvalue weighted by molar-refractivity contribution is 0.358. The van der Waals surface area contributed by atoms with Crippen molar-refractivity contribution in [3.05, 3.63) is 34.9 Å². The third kappa shape index (κ3) is 10.2. The van der Waals surface area contributed by atoms with Crippen LogP contribution < -0.4 is 0 Å². The molecule has 0 atom stereocenters. The maximum absolute atomic E-state index is 2.43. The Morgan fingerprint density at radius 1 is 0.625 bits per heavy atom. The third-order valence-corrected chi connectivity index (χ3v) is 4.86. The van der Waals surface area contributed by atoms with Crippen LogP contribution in [0.25, 0.3) is 0 Å². The first-order chi connectivity index (χ1) is 11.1. The predicted octanol–water partition coefficient (Wildman–Crippen LogP) is 7.90. The largest absolute Gasteiger partial charge is 0.0602 e.